The molecule has 0 aromatic rings. The van der Waals surface area contributed by atoms with Gasteiger partial charge in [-0.15, -0.1) is 0 Å². The first-order chi connectivity index (χ1) is 28.1. The van der Waals surface area contributed by atoms with Gasteiger partial charge in [-0.3, -0.25) is 9.59 Å². The molecule has 0 aliphatic heterocycles. The topological polar surface area (TPSA) is 99.1 Å². The van der Waals surface area contributed by atoms with Crippen LogP contribution in [0.1, 0.15) is 200 Å². The van der Waals surface area contributed by atoms with Crippen LogP contribution in [-0.4, -0.2) is 80.6 Å². The minimum absolute atomic E-state index is 0.0557. The highest BCUT2D eigenvalue weighted by Gasteiger charge is 2.31. The number of rotatable bonds is 42. The number of carboxylic acid groups (broad SMARTS) is 1. The predicted molar refractivity (Wildman–Crippen MR) is 243 cm³/mol. The number of aliphatic carboxylic acids is 1. The zero-order chi connectivity index (χ0) is 42.8. The number of hydrogen-bond donors (Lipinski definition) is 1. The van der Waals surface area contributed by atoms with Gasteiger partial charge in [0.25, 0.3) is 0 Å². The van der Waals surface area contributed by atoms with E-state index in [0.29, 0.717) is 19.3 Å². The fraction of sp³-hybridized carbons (Fsp3) is 0.780. The largest absolute Gasteiger partial charge is 0.477 e. The maximum Gasteiger partial charge on any atom is 0.362 e. The molecule has 0 amide bonds. The lowest BCUT2D eigenvalue weighted by atomic mass is 10.1. The van der Waals surface area contributed by atoms with Crippen LogP contribution in [-0.2, 0) is 28.6 Å². The van der Waals surface area contributed by atoms with E-state index in [0.717, 1.165) is 44.9 Å². The second-order valence-corrected chi connectivity index (χ2v) is 17.1. The van der Waals surface area contributed by atoms with Gasteiger partial charge in [-0.1, -0.05) is 165 Å². The van der Waals surface area contributed by atoms with E-state index < -0.39 is 18.1 Å². The second-order valence-electron chi connectivity index (χ2n) is 17.1. The van der Waals surface area contributed by atoms with Crippen LogP contribution >= 0.6 is 0 Å². The SMILES string of the molecule is CCCCC/C=C/C=C/CCCCCCCCCCCCC(=O)OC(COCCC(C(=O)O)[N+](C)(C)C)COC(=O)CCCCCCCC/C=C/C=C/CCCCC. The van der Waals surface area contributed by atoms with Crippen molar-refractivity contribution < 1.29 is 38.2 Å². The molecule has 1 N–H and O–H groups in total. The summed E-state index contributed by atoms with van der Waals surface area (Å²) in [6, 6.07) is -0.618. The van der Waals surface area contributed by atoms with Gasteiger partial charge in [0.05, 0.1) is 34.4 Å². The molecule has 2 atom stereocenters. The van der Waals surface area contributed by atoms with E-state index in [9.17, 15) is 19.5 Å². The third-order valence-electron chi connectivity index (χ3n) is 10.5. The monoisotopic (exact) mass is 817 g/mol. The molecule has 8 heteroatoms. The molecule has 0 saturated carbocycles. The Balaban J connectivity index is 4.31. The molecule has 0 saturated heterocycles. The number of allylic oxidation sites excluding steroid dienone is 8. The van der Waals surface area contributed by atoms with E-state index in [1.54, 1.807) is 0 Å². The standard InChI is InChI=1S/C50H89NO7/c1-6-8-10-12-14-16-18-20-22-23-24-25-27-29-31-33-35-37-39-41-49(53)58-46(44-56-43-42-47(50(54)55)51(3,4)5)45-57-48(52)40-38-36-34-32-30-28-26-21-19-17-15-13-11-9-7-2/h14-21,46-47H,6-13,22-45H2,1-5H3/p+1/b16-14+,17-15+,20-18+,21-19+. The molecule has 0 spiro atoms. The lowest BCUT2D eigenvalue weighted by molar-refractivity contribution is -0.887. The van der Waals surface area contributed by atoms with Crippen molar-refractivity contribution in [3.63, 3.8) is 0 Å². The summed E-state index contributed by atoms with van der Waals surface area (Å²) in [6.45, 7) is 4.67. The summed E-state index contributed by atoms with van der Waals surface area (Å²) in [5.74, 6) is -1.48. The second kappa shape index (κ2) is 41.0. The summed E-state index contributed by atoms with van der Waals surface area (Å²) in [4.78, 5) is 37.1. The molecule has 0 aliphatic carbocycles. The van der Waals surface area contributed by atoms with Gasteiger partial charge >= 0.3 is 17.9 Å². The molecular formula is C50H90NO7+. The van der Waals surface area contributed by atoms with E-state index in [1.807, 2.05) is 21.1 Å². The first-order valence-corrected chi connectivity index (χ1v) is 23.7. The molecule has 2 unspecified atom stereocenters. The van der Waals surface area contributed by atoms with Crippen LogP contribution in [0.4, 0.5) is 0 Å². The fourth-order valence-electron chi connectivity index (χ4n) is 6.78. The van der Waals surface area contributed by atoms with E-state index in [-0.39, 0.29) is 36.2 Å². The summed E-state index contributed by atoms with van der Waals surface area (Å²) in [5, 5.41) is 9.63. The van der Waals surface area contributed by atoms with Crippen LogP contribution in [0.15, 0.2) is 48.6 Å². The summed E-state index contributed by atoms with van der Waals surface area (Å²) in [6.07, 6.45) is 48.6. The molecular weight excluding hydrogens is 727 g/mol. The van der Waals surface area contributed by atoms with Gasteiger partial charge in [-0.2, -0.15) is 0 Å². The van der Waals surface area contributed by atoms with Crippen molar-refractivity contribution in [2.75, 3.05) is 41.0 Å². The van der Waals surface area contributed by atoms with Crippen molar-refractivity contribution in [1.82, 2.24) is 0 Å². The number of hydrogen-bond acceptors (Lipinski definition) is 6. The molecule has 0 heterocycles. The normalized spacial score (nSPS) is 13.3. The minimum Gasteiger partial charge on any atom is -0.477 e. The smallest absolute Gasteiger partial charge is 0.362 e. The Kier molecular flexibility index (Phi) is 39.1. The average molecular weight is 817 g/mol. The highest BCUT2D eigenvalue weighted by molar-refractivity contribution is 5.72. The van der Waals surface area contributed by atoms with Crippen molar-refractivity contribution in [3.8, 4) is 0 Å². The molecule has 336 valence electrons. The van der Waals surface area contributed by atoms with Crippen LogP contribution in [0, 0.1) is 0 Å². The number of likely N-dealkylation sites (N-methyl/N-ethyl adjacent to an activating group) is 1. The number of nitrogens with zero attached hydrogens (tertiary/aromatic N) is 1. The molecule has 0 aliphatic rings. The number of carboxylic acids is 1. The number of esters is 2. The number of quaternary nitrogens is 1. The van der Waals surface area contributed by atoms with E-state index in [2.05, 4.69) is 62.5 Å². The quantitative estimate of drug-likeness (QED) is 0.0283. The maximum atomic E-state index is 12.8. The zero-order valence-electron chi connectivity index (χ0n) is 38.2. The first kappa shape index (κ1) is 55.3. The van der Waals surface area contributed by atoms with E-state index in [1.165, 1.54) is 122 Å². The van der Waals surface area contributed by atoms with Crippen molar-refractivity contribution in [2.45, 2.75) is 212 Å². The van der Waals surface area contributed by atoms with Gasteiger partial charge in [0.15, 0.2) is 12.1 Å². The summed E-state index contributed by atoms with van der Waals surface area (Å²) in [7, 11) is 5.52. The van der Waals surface area contributed by atoms with Gasteiger partial charge in [0.1, 0.15) is 6.61 Å². The highest BCUT2D eigenvalue weighted by atomic mass is 16.6. The Morgan fingerprint density at radius 3 is 1.29 bits per heavy atom. The highest BCUT2D eigenvalue weighted by Crippen LogP contribution is 2.15. The van der Waals surface area contributed by atoms with Gasteiger partial charge in [0.2, 0.25) is 0 Å². The van der Waals surface area contributed by atoms with Crippen molar-refractivity contribution in [1.29, 1.82) is 0 Å². The molecule has 0 rings (SSSR count). The van der Waals surface area contributed by atoms with Gasteiger partial charge < -0.3 is 23.8 Å². The van der Waals surface area contributed by atoms with Gasteiger partial charge in [-0.05, 0) is 64.2 Å². The third kappa shape index (κ3) is 38.8. The number of unbranched alkanes of at least 4 members (excludes halogenated alkanes) is 22. The summed E-state index contributed by atoms with van der Waals surface area (Å²) < 4.78 is 17.3. The van der Waals surface area contributed by atoms with E-state index in [4.69, 9.17) is 14.2 Å². The molecule has 0 fully saturated rings. The Labute approximate surface area is 356 Å². The Bertz CT molecular complexity index is 1090. The molecule has 0 aromatic carbocycles. The maximum absolute atomic E-state index is 12.8. The average Bonchev–Trinajstić information content (AvgIpc) is 3.18. The van der Waals surface area contributed by atoms with Crippen LogP contribution < -0.4 is 0 Å². The lowest BCUT2D eigenvalue weighted by Gasteiger charge is -2.31. The molecule has 0 radical (unpaired) electrons. The number of ether oxygens (including phenoxy) is 3. The summed E-state index contributed by atoms with van der Waals surface area (Å²) >= 11 is 0. The Morgan fingerprint density at radius 2 is 0.897 bits per heavy atom. The van der Waals surface area contributed by atoms with Crippen LogP contribution in [0.25, 0.3) is 0 Å². The Hall–Kier alpha value is -2.71. The number of carbonyl (C=O) groups excluding carboxylic acids is 2. The molecule has 0 bridgehead atoms. The van der Waals surface area contributed by atoms with Crippen molar-refractivity contribution in [3.05, 3.63) is 48.6 Å². The third-order valence-corrected chi connectivity index (χ3v) is 10.5. The molecule has 58 heavy (non-hydrogen) atoms. The first-order valence-electron chi connectivity index (χ1n) is 23.7. The summed E-state index contributed by atoms with van der Waals surface area (Å²) in [5.41, 5.74) is 0. The van der Waals surface area contributed by atoms with Crippen LogP contribution in [0.5, 0.6) is 0 Å². The van der Waals surface area contributed by atoms with E-state index >= 15 is 0 Å². The predicted octanol–water partition coefficient (Wildman–Crippen LogP) is 13.2. The van der Waals surface area contributed by atoms with Gasteiger partial charge in [0, 0.05) is 19.3 Å². The minimum atomic E-state index is -0.878. The van der Waals surface area contributed by atoms with Crippen LogP contribution in [0.2, 0.25) is 0 Å². The lowest BCUT2D eigenvalue weighted by Crippen LogP contribution is -2.50. The van der Waals surface area contributed by atoms with Gasteiger partial charge in [-0.25, -0.2) is 4.79 Å². The van der Waals surface area contributed by atoms with Crippen molar-refractivity contribution >= 4 is 17.9 Å². The zero-order valence-corrected chi connectivity index (χ0v) is 38.2. The molecule has 0 aromatic heterocycles. The fourth-order valence-corrected chi connectivity index (χ4v) is 6.78. The van der Waals surface area contributed by atoms with Crippen molar-refractivity contribution in [2.24, 2.45) is 0 Å². The van der Waals surface area contributed by atoms with Crippen LogP contribution in [0.3, 0.4) is 0 Å². The Morgan fingerprint density at radius 1 is 0.517 bits per heavy atom. The number of carbonyl (C=O) groups is 3. The molecule has 8 nitrogen and oxygen atoms in total.